The van der Waals surface area contributed by atoms with Crippen molar-refractivity contribution in [3.63, 3.8) is 0 Å². The molecule has 1 aromatic rings. The van der Waals surface area contributed by atoms with Crippen LogP contribution < -0.4 is 10.1 Å². The fourth-order valence-electron chi connectivity index (χ4n) is 1.76. The minimum absolute atomic E-state index is 0.147. The number of carbonyl (C=O) groups excluding carboxylic acids is 1. The summed E-state index contributed by atoms with van der Waals surface area (Å²) in [5.74, 6) is 0.451. The normalized spacial score (nSPS) is 14.1. The van der Waals surface area contributed by atoms with Gasteiger partial charge in [0.25, 0.3) is 0 Å². The smallest absolute Gasteiger partial charge is 0.407 e. The second-order valence-electron chi connectivity index (χ2n) is 5.78. The Labute approximate surface area is 138 Å². The maximum atomic E-state index is 11.5. The molecule has 0 spiro atoms. The third-order valence-corrected chi connectivity index (χ3v) is 3.22. The van der Waals surface area contributed by atoms with E-state index in [1.807, 2.05) is 0 Å². The summed E-state index contributed by atoms with van der Waals surface area (Å²) in [7, 11) is 1.48. The quantitative estimate of drug-likeness (QED) is 0.735. The predicted octanol–water partition coefficient (Wildman–Crippen LogP) is 2.38. The van der Waals surface area contributed by atoms with Crippen LogP contribution in [0.15, 0.2) is 22.7 Å². The van der Waals surface area contributed by atoms with Gasteiger partial charge in [0, 0.05) is 16.6 Å². The monoisotopic (exact) mass is 375 g/mol. The van der Waals surface area contributed by atoms with Crippen LogP contribution in [0.5, 0.6) is 5.75 Å². The molecule has 3 N–H and O–H groups in total. The summed E-state index contributed by atoms with van der Waals surface area (Å²) in [5, 5.41) is 22.7. The van der Waals surface area contributed by atoms with E-state index in [2.05, 4.69) is 21.2 Å². The number of rotatable bonds is 5. The maximum absolute atomic E-state index is 11.5. The van der Waals surface area contributed by atoms with Crippen LogP contribution in [-0.4, -0.2) is 41.7 Å². The molecule has 0 aromatic heterocycles. The van der Waals surface area contributed by atoms with Gasteiger partial charge < -0.3 is 25.0 Å². The SMILES string of the molecule is COc1ccc(Br)cc1C(O)C(O)CNC(=O)OC(C)(C)C. The molecule has 6 nitrogen and oxygen atoms in total. The average molecular weight is 376 g/mol. The molecule has 0 fully saturated rings. The van der Waals surface area contributed by atoms with Crippen LogP contribution in [0.25, 0.3) is 0 Å². The number of alkyl carbamates (subject to hydrolysis) is 1. The fourth-order valence-corrected chi connectivity index (χ4v) is 2.14. The molecule has 1 amide bonds. The second kappa shape index (κ2) is 7.80. The van der Waals surface area contributed by atoms with Gasteiger partial charge in [-0.15, -0.1) is 0 Å². The van der Waals surface area contributed by atoms with Gasteiger partial charge in [0.1, 0.15) is 23.6 Å². The third-order valence-electron chi connectivity index (χ3n) is 2.73. The van der Waals surface area contributed by atoms with Crippen molar-refractivity contribution in [3.8, 4) is 5.75 Å². The van der Waals surface area contributed by atoms with Gasteiger partial charge in [0.15, 0.2) is 0 Å². The number of nitrogens with one attached hydrogen (secondary N) is 1. The van der Waals surface area contributed by atoms with Crippen molar-refractivity contribution in [1.82, 2.24) is 5.32 Å². The Hall–Kier alpha value is -1.31. The van der Waals surface area contributed by atoms with Crippen molar-refractivity contribution < 1.29 is 24.5 Å². The Morgan fingerprint density at radius 2 is 2.00 bits per heavy atom. The van der Waals surface area contributed by atoms with E-state index in [0.29, 0.717) is 11.3 Å². The van der Waals surface area contributed by atoms with Gasteiger partial charge in [-0.05, 0) is 39.0 Å². The van der Waals surface area contributed by atoms with Crippen LogP contribution in [0.2, 0.25) is 0 Å². The van der Waals surface area contributed by atoms with E-state index in [1.165, 1.54) is 7.11 Å². The van der Waals surface area contributed by atoms with E-state index < -0.39 is 23.9 Å². The molecule has 0 saturated heterocycles. The highest BCUT2D eigenvalue weighted by Crippen LogP contribution is 2.30. The van der Waals surface area contributed by atoms with Crippen molar-refractivity contribution in [2.24, 2.45) is 0 Å². The van der Waals surface area contributed by atoms with Gasteiger partial charge in [-0.25, -0.2) is 4.79 Å². The number of hydrogen-bond acceptors (Lipinski definition) is 5. The van der Waals surface area contributed by atoms with Crippen LogP contribution in [0.4, 0.5) is 4.79 Å². The molecule has 0 aliphatic carbocycles. The molecular weight excluding hydrogens is 354 g/mol. The van der Waals surface area contributed by atoms with Gasteiger partial charge in [0.2, 0.25) is 0 Å². The van der Waals surface area contributed by atoms with Gasteiger partial charge in [-0.2, -0.15) is 0 Å². The number of aliphatic hydroxyl groups is 2. The zero-order valence-corrected chi connectivity index (χ0v) is 14.7. The largest absolute Gasteiger partial charge is 0.496 e. The molecular formula is C15H22BrNO5. The van der Waals surface area contributed by atoms with Crippen LogP contribution >= 0.6 is 15.9 Å². The topological polar surface area (TPSA) is 88.0 Å². The zero-order valence-electron chi connectivity index (χ0n) is 13.1. The number of hydrogen-bond donors (Lipinski definition) is 3. The van der Waals surface area contributed by atoms with Crippen LogP contribution in [0.1, 0.15) is 32.4 Å². The minimum atomic E-state index is -1.21. The molecule has 0 bridgehead atoms. The third kappa shape index (κ3) is 5.82. The van der Waals surface area contributed by atoms with E-state index in [9.17, 15) is 15.0 Å². The summed E-state index contributed by atoms with van der Waals surface area (Å²) in [6.45, 7) is 5.07. The van der Waals surface area contributed by atoms with Crippen LogP contribution in [-0.2, 0) is 4.74 Å². The van der Waals surface area contributed by atoms with E-state index in [1.54, 1.807) is 39.0 Å². The Morgan fingerprint density at radius 3 is 2.55 bits per heavy atom. The second-order valence-corrected chi connectivity index (χ2v) is 6.70. The zero-order chi connectivity index (χ0) is 16.9. The minimum Gasteiger partial charge on any atom is -0.496 e. The molecule has 2 atom stereocenters. The number of ether oxygens (including phenoxy) is 2. The summed E-state index contributed by atoms with van der Waals surface area (Å²) < 4.78 is 11.0. The van der Waals surface area contributed by atoms with Crippen LogP contribution in [0.3, 0.4) is 0 Å². The Morgan fingerprint density at radius 1 is 1.36 bits per heavy atom. The molecule has 0 radical (unpaired) electrons. The number of methoxy groups -OCH3 is 1. The van der Waals surface area contributed by atoms with Gasteiger partial charge in [-0.1, -0.05) is 15.9 Å². The molecule has 124 valence electrons. The number of carbonyl (C=O) groups is 1. The van der Waals surface area contributed by atoms with E-state index >= 15 is 0 Å². The first-order valence-electron chi connectivity index (χ1n) is 6.80. The first-order chi connectivity index (χ1) is 10.1. The molecule has 0 aliphatic rings. The number of halogens is 1. The summed E-state index contributed by atoms with van der Waals surface area (Å²) in [6, 6.07) is 5.09. The Bertz CT molecular complexity index is 515. The Kier molecular flexibility index (Phi) is 6.65. The molecule has 0 saturated carbocycles. The molecule has 7 heteroatoms. The molecule has 0 heterocycles. The predicted molar refractivity (Wildman–Crippen MR) is 85.9 cm³/mol. The lowest BCUT2D eigenvalue weighted by atomic mass is 10.0. The van der Waals surface area contributed by atoms with Crippen molar-refractivity contribution in [2.45, 2.75) is 38.6 Å². The number of amides is 1. The van der Waals surface area contributed by atoms with Crippen molar-refractivity contribution >= 4 is 22.0 Å². The number of benzene rings is 1. The van der Waals surface area contributed by atoms with E-state index in [-0.39, 0.29) is 6.54 Å². The molecule has 22 heavy (non-hydrogen) atoms. The van der Waals surface area contributed by atoms with Gasteiger partial charge in [-0.3, -0.25) is 0 Å². The van der Waals surface area contributed by atoms with Gasteiger partial charge >= 0.3 is 6.09 Å². The fraction of sp³-hybridized carbons (Fsp3) is 0.533. The summed E-state index contributed by atoms with van der Waals surface area (Å²) in [5.41, 5.74) is -0.198. The highest BCUT2D eigenvalue weighted by Gasteiger charge is 2.24. The molecule has 1 rings (SSSR count). The maximum Gasteiger partial charge on any atom is 0.407 e. The highest BCUT2D eigenvalue weighted by atomic mass is 79.9. The number of aliphatic hydroxyl groups excluding tert-OH is 2. The first kappa shape index (κ1) is 18.7. The van der Waals surface area contributed by atoms with Crippen LogP contribution in [0, 0.1) is 0 Å². The molecule has 2 unspecified atom stereocenters. The van der Waals surface area contributed by atoms with Crippen molar-refractivity contribution in [3.05, 3.63) is 28.2 Å². The first-order valence-corrected chi connectivity index (χ1v) is 7.59. The summed E-state index contributed by atoms with van der Waals surface area (Å²) in [6.07, 6.45) is -3.06. The van der Waals surface area contributed by atoms with E-state index in [0.717, 1.165) is 4.47 Å². The van der Waals surface area contributed by atoms with Gasteiger partial charge in [0.05, 0.1) is 7.11 Å². The Balaban J connectivity index is 2.68. The summed E-state index contributed by atoms with van der Waals surface area (Å²) in [4.78, 5) is 11.5. The molecule has 0 aliphatic heterocycles. The lowest BCUT2D eigenvalue weighted by Crippen LogP contribution is -2.38. The summed E-state index contributed by atoms with van der Waals surface area (Å²) >= 11 is 3.30. The average Bonchev–Trinajstić information content (AvgIpc) is 2.42. The van der Waals surface area contributed by atoms with E-state index in [4.69, 9.17) is 9.47 Å². The van der Waals surface area contributed by atoms with Crippen molar-refractivity contribution in [1.29, 1.82) is 0 Å². The van der Waals surface area contributed by atoms with Crippen molar-refractivity contribution in [2.75, 3.05) is 13.7 Å². The lowest BCUT2D eigenvalue weighted by Gasteiger charge is -2.23. The standard InChI is InChI=1S/C15H22BrNO5/c1-15(2,3)22-14(20)17-8-11(18)13(19)10-7-9(16)5-6-12(10)21-4/h5-7,11,13,18-19H,8H2,1-4H3,(H,17,20). The molecule has 1 aromatic carbocycles. The highest BCUT2D eigenvalue weighted by molar-refractivity contribution is 9.10. The lowest BCUT2D eigenvalue weighted by molar-refractivity contribution is 0.0119.